The van der Waals surface area contributed by atoms with Crippen LogP contribution in [0.2, 0.25) is 0 Å². The fourth-order valence-corrected chi connectivity index (χ4v) is 4.47. The summed E-state index contributed by atoms with van der Waals surface area (Å²) < 4.78 is 5.79. The minimum absolute atomic E-state index is 0.143. The van der Waals surface area contributed by atoms with Gasteiger partial charge in [-0.2, -0.15) is 0 Å². The van der Waals surface area contributed by atoms with Crippen molar-refractivity contribution in [3.8, 4) is 0 Å². The number of aromatic nitrogens is 2. The molecular weight excluding hydrogens is 358 g/mol. The lowest BCUT2D eigenvalue weighted by molar-refractivity contribution is -0.131. The van der Waals surface area contributed by atoms with Gasteiger partial charge in [0.2, 0.25) is 11.8 Å². The standard InChI is InChI=1S/C21H29N3O2S/c1-15(17-10-6-4-7-11-17)14-19-22-23-21(26-19)27-16(2)20(25)24(3)18-12-8-5-9-13-18/h4,6-7,10-11,15-16,18H,5,8-9,12-14H2,1-3H3. The Bertz CT molecular complexity index is 728. The maximum atomic E-state index is 12.7. The van der Waals surface area contributed by atoms with E-state index in [-0.39, 0.29) is 11.2 Å². The second-order valence-corrected chi connectivity index (χ2v) is 8.77. The van der Waals surface area contributed by atoms with E-state index in [1.165, 1.54) is 36.6 Å². The summed E-state index contributed by atoms with van der Waals surface area (Å²) in [4.78, 5) is 14.7. The van der Waals surface area contributed by atoms with Crippen molar-refractivity contribution in [2.24, 2.45) is 0 Å². The van der Waals surface area contributed by atoms with Gasteiger partial charge in [0.05, 0.1) is 5.25 Å². The summed E-state index contributed by atoms with van der Waals surface area (Å²) in [6.07, 6.45) is 6.65. The lowest BCUT2D eigenvalue weighted by atomic mass is 9.94. The molecule has 146 valence electrons. The van der Waals surface area contributed by atoms with Gasteiger partial charge in [-0.1, -0.05) is 68.3 Å². The van der Waals surface area contributed by atoms with Crippen molar-refractivity contribution in [3.63, 3.8) is 0 Å². The Kier molecular flexibility index (Phi) is 6.94. The summed E-state index contributed by atoms with van der Waals surface area (Å²) in [5.74, 6) is 1.07. The predicted molar refractivity (Wildman–Crippen MR) is 108 cm³/mol. The molecule has 1 aromatic carbocycles. The number of carbonyl (C=O) groups excluding carboxylic acids is 1. The largest absolute Gasteiger partial charge is 0.416 e. The lowest BCUT2D eigenvalue weighted by Gasteiger charge is -2.32. The molecule has 2 aromatic rings. The molecule has 1 saturated carbocycles. The number of rotatable bonds is 7. The van der Waals surface area contributed by atoms with Crippen molar-refractivity contribution in [1.29, 1.82) is 0 Å². The fraction of sp³-hybridized carbons (Fsp3) is 0.571. The van der Waals surface area contributed by atoms with Crippen molar-refractivity contribution in [2.45, 2.75) is 74.8 Å². The number of benzene rings is 1. The summed E-state index contributed by atoms with van der Waals surface area (Å²) in [5, 5.41) is 8.55. The van der Waals surface area contributed by atoms with E-state index in [2.05, 4.69) is 29.3 Å². The van der Waals surface area contributed by atoms with Crippen LogP contribution in [0.25, 0.3) is 0 Å². The average Bonchev–Trinajstić information content (AvgIpc) is 3.14. The molecule has 0 aliphatic heterocycles. The first-order valence-corrected chi connectivity index (χ1v) is 10.7. The monoisotopic (exact) mass is 387 g/mol. The van der Waals surface area contributed by atoms with Crippen LogP contribution in [0.1, 0.15) is 63.3 Å². The first-order valence-electron chi connectivity index (χ1n) is 9.85. The Hall–Kier alpha value is -1.82. The summed E-state index contributed by atoms with van der Waals surface area (Å²) in [6, 6.07) is 10.7. The third-order valence-electron chi connectivity index (χ3n) is 5.39. The zero-order chi connectivity index (χ0) is 19.2. The van der Waals surface area contributed by atoms with Crippen LogP contribution in [0.15, 0.2) is 40.0 Å². The summed E-state index contributed by atoms with van der Waals surface area (Å²) in [5.41, 5.74) is 1.25. The SMILES string of the molecule is CC(Sc1nnc(CC(C)c2ccccc2)o1)C(=O)N(C)C1CCCCC1. The average molecular weight is 388 g/mol. The number of hydrogen-bond donors (Lipinski definition) is 0. The summed E-state index contributed by atoms with van der Waals surface area (Å²) in [6.45, 7) is 4.07. The molecule has 0 spiro atoms. The van der Waals surface area contributed by atoms with E-state index in [1.54, 1.807) is 0 Å². The van der Waals surface area contributed by atoms with E-state index in [9.17, 15) is 4.79 Å². The van der Waals surface area contributed by atoms with Crippen molar-refractivity contribution >= 4 is 17.7 Å². The van der Waals surface area contributed by atoms with E-state index in [0.29, 0.717) is 29.5 Å². The van der Waals surface area contributed by atoms with Gasteiger partial charge in [0.25, 0.3) is 5.22 Å². The molecule has 0 bridgehead atoms. The van der Waals surface area contributed by atoms with E-state index >= 15 is 0 Å². The molecule has 1 amide bonds. The Morgan fingerprint density at radius 3 is 2.59 bits per heavy atom. The number of amides is 1. The van der Waals surface area contributed by atoms with Gasteiger partial charge >= 0.3 is 0 Å². The van der Waals surface area contributed by atoms with Gasteiger partial charge in [0.1, 0.15) is 0 Å². The fourth-order valence-electron chi connectivity index (χ4n) is 3.67. The van der Waals surface area contributed by atoms with Crippen LogP contribution in [0.3, 0.4) is 0 Å². The lowest BCUT2D eigenvalue weighted by Crippen LogP contribution is -2.42. The summed E-state index contributed by atoms with van der Waals surface area (Å²) >= 11 is 1.36. The highest BCUT2D eigenvalue weighted by atomic mass is 32.2. The van der Waals surface area contributed by atoms with Crippen LogP contribution in [0, 0.1) is 0 Å². The number of nitrogens with zero attached hydrogens (tertiary/aromatic N) is 3. The molecule has 1 aliphatic rings. The third-order valence-corrected chi connectivity index (χ3v) is 6.31. The zero-order valence-corrected chi connectivity index (χ0v) is 17.2. The Morgan fingerprint density at radius 1 is 1.19 bits per heavy atom. The van der Waals surface area contributed by atoms with Crippen LogP contribution in [0.4, 0.5) is 0 Å². The number of carbonyl (C=O) groups is 1. The first-order chi connectivity index (χ1) is 13.0. The molecule has 6 heteroatoms. The maximum Gasteiger partial charge on any atom is 0.277 e. The van der Waals surface area contributed by atoms with Crippen molar-refractivity contribution in [2.75, 3.05) is 7.05 Å². The minimum atomic E-state index is -0.225. The normalized spacial score (nSPS) is 17.4. The van der Waals surface area contributed by atoms with E-state index in [4.69, 9.17) is 4.42 Å². The van der Waals surface area contributed by atoms with Crippen molar-refractivity contribution in [3.05, 3.63) is 41.8 Å². The van der Waals surface area contributed by atoms with Gasteiger partial charge in [-0.3, -0.25) is 4.79 Å². The Balaban J connectivity index is 1.54. The van der Waals surface area contributed by atoms with Gasteiger partial charge in [-0.25, -0.2) is 0 Å². The third kappa shape index (κ3) is 5.34. The first kappa shape index (κ1) is 19.9. The molecule has 5 nitrogen and oxygen atoms in total. The highest BCUT2D eigenvalue weighted by molar-refractivity contribution is 8.00. The minimum Gasteiger partial charge on any atom is -0.416 e. The van der Waals surface area contributed by atoms with Crippen LogP contribution in [0.5, 0.6) is 0 Å². The highest BCUT2D eigenvalue weighted by Crippen LogP contribution is 2.28. The Morgan fingerprint density at radius 2 is 1.89 bits per heavy atom. The van der Waals surface area contributed by atoms with Gasteiger partial charge in [0.15, 0.2) is 0 Å². The van der Waals surface area contributed by atoms with E-state index in [0.717, 1.165) is 12.8 Å². The van der Waals surface area contributed by atoms with E-state index in [1.807, 2.05) is 37.1 Å². The molecule has 1 heterocycles. The van der Waals surface area contributed by atoms with Crippen LogP contribution >= 0.6 is 11.8 Å². The quantitative estimate of drug-likeness (QED) is 0.645. The Labute approximate surface area is 165 Å². The van der Waals surface area contributed by atoms with Crippen LogP contribution < -0.4 is 0 Å². The van der Waals surface area contributed by atoms with Crippen molar-refractivity contribution < 1.29 is 9.21 Å². The van der Waals surface area contributed by atoms with Gasteiger partial charge in [-0.15, -0.1) is 10.2 Å². The molecule has 0 radical (unpaired) electrons. The molecule has 3 rings (SSSR count). The zero-order valence-electron chi connectivity index (χ0n) is 16.4. The highest BCUT2D eigenvalue weighted by Gasteiger charge is 2.27. The van der Waals surface area contributed by atoms with Gasteiger partial charge < -0.3 is 9.32 Å². The van der Waals surface area contributed by atoms with Crippen molar-refractivity contribution in [1.82, 2.24) is 15.1 Å². The predicted octanol–water partition coefficient (Wildman–Crippen LogP) is 4.69. The molecule has 0 N–H and O–H groups in total. The molecule has 2 unspecified atom stereocenters. The van der Waals surface area contributed by atoms with Crippen LogP contribution in [-0.2, 0) is 11.2 Å². The van der Waals surface area contributed by atoms with Crippen LogP contribution in [-0.4, -0.2) is 39.3 Å². The molecule has 0 saturated heterocycles. The van der Waals surface area contributed by atoms with E-state index < -0.39 is 0 Å². The second kappa shape index (κ2) is 9.40. The smallest absolute Gasteiger partial charge is 0.277 e. The summed E-state index contributed by atoms with van der Waals surface area (Å²) in [7, 11) is 1.93. The maximum absolute atomic E-state index is 12.7. The van der Waals surface area contributed by atoms with Gasteiger partial charge in [-0.05, 0) is 31.2 Å². The molecule has 1 aromatic heterocycles. The molecule has 1 aliphatic carbocycles. The van der Waals surface area contributed by atoms with Gasteiger partial charge in [0, 0.05) is 19.5 Å². The molecule has 1 fully saturated rings. The second-order valence-electron chi connectivity index (χ2n) is 7.48. The number of thioether (sulfide) groups is 1. The number of hydrogen-bond acceptors (Lipinski definition) is 5. The molecule has 2 atom stereocenters. The molecule has 27 heavy (non-hydrogen) atoms. The molecular formula is C21H29N3O2S. The topological polar surface area (TPSA) is 59.2 Å².